The topological polar surface area (TPSA) is 125 Å². The zero-order chi connectivity index (χ0) is 33.1. The highest BCUT2D eigenvalue weighted by atomic mass is 16.6. The van der Waals surface area contributed by atoms with Crippen molar-refractivity contribution in [2.45, 2.75) is 96.6 Å². The predicted octanol–water partition coefficient (Wildman–Crippen LogP) is 3.62. The summed E-state index contributed by atoms with van der Waals surface area (Å²) in [5.74, 6) is -3.15. The summed E-state index contributed by atoms with van der Waals surface area (Å²) in [5, 5.41) is 13.3. The third-order valence-corrected chi connectivity index (χ3v) is 9.36. The van der Waals surface area contributed by atoms with Gasteiger partial charge in [0.1, 0.15) is 17.7 Å². The number of likely N-dealkylation sites (tertiary alicyclic amines) is 1. The van der Waals surface area contributed by atoms with Crippen LogP contribution < -0.4 is 10.2 Å². The quantitative estimate of drug-likeness (QED) is 0.226. The van der Waals surface area contributed by atoms with Crippen LogP contribution in [0.15, 0.2) is 43.5 Å². The zero-order valence-corrected chi connectivity index (χ0v) is 27.3. The third-order valence-electron chi connectivity index (χ3n) is 9.36. The molecule has 7 atom stereocenters. The lowest BCUT2D eigenvalue weighted by Crippen LogP contribution is -2.59. The number of benzene rings is 1. The minimum Gasteiger partial charge on any atom is -0.460 e. The van der Waals surface area contributed by atoms with Crippen molar-refractivity contribution in [1.82, 2.24) is 10.2 Å². The summed E-state index contributed by atoms with van der Waals surface area (Å²) < 4.78 is 12.4. The molecular weight excluding hydrogens is 574 g/mol. The van der Waals surface area contributed by atoms with Gasteiger partial charge >= 0.3 is 5.97 Å². The SMILES string of the molecule is C=CCCC(=O)NC[C@H](C)OC(=O)[C@@H]1[C@H]2C(=O)N([C@@H](CO)CC(C)C)[C@H](C(=O)N(CC=C)c3c(C)cccc3C)[C@]23CC[C@H]1O3. The molecule has 0 saturated carbocycles. The van der Waals surface area contributed by atoms with Gasteiger partial charge in [-0.1, -0.05) is 44.2 Å². The van der Waals surface area contributed by atoms with Crippen LogP contribution in [0.4, 0.5) is 5.69 Å². The molecule has 3 aliphatic rings. The highest BCUT2D eigenvalue weighted by Crippen LogP contribution is 2.59. The summed E-state index contributed by atoms with van der Waals surface area (Å²) in [6.07, 6.45) is 4.33. The Morgan fingerprint density at radius 1 is 1.20 bits per heavy atom. The van der Waals surface area contributed by atoms with Gasteiger partial charge in [-0.05, 0) is 63.5 Å². The monoisotopic (exact) mass is 623 g/mol. The van der Waals surface area contributed by atoms with Crippen LogP contribution >= 0.6 is 0 Å². The highest BCUT2D eigenvalue weighted by Gasteiger charge is 2.75. The fourth-order valence-corrected chi connectivity index (χ4v) is 7.55. The van der Waals surface area contributed by atoms with Gasteiger partial charge in [0.05, 0.1) is 37.1 Å². The van der Waals surface area contributed by atoms with Crippen molar-refractivity contribution in [3.8, 4) is 0 Å². The fraction of sp³-hybridized carbons (Fsp3) is 0.600. The predicted molar refractivity (Wildman–Crippen MR) is 171 cm³/mol. The molecule has 1 spiro atoms. The number of hydrogen-bond donors (Lipinski definition) is 2. The number of anilines is 1. The number of nitrogens with zero attached hydrogens (tertiary/aromatic N) is 2. The summed E-state index contributed by atoms with van der Waals surface area (Å²) in [6.45, 7) is 17.1. The van der Waals surface area contributed by atoms with Crippen LogP contribution in [0.3, 0.4) is 0 Å². The number of hydrogen-bond acceptors (Lipinski definition) is 7. The van der Waals surface area contributed by atoms with Crippen molar-refractivity contribution in [2.24, 2.45) is 17.8 Å². The maximum atomic E-state index is 14.9. The Morgan fingerprint density at radius 3 is 2.49 bits per heavy atom. The van der Waals surface area contributed by atoms with E-state index >= 15 is 0 Å². The van der Waals surface area contributed by atoms with Crippen LogP contribution in [0.5, 0.6) is 0 Å². The number of fused-ring (bicyclic) bond motifs is 1. The van der Waals surface area contributed by atoms with Crippen molar-refractivity contribution in [2.75, 3.05) is 24.6 Å². The average Bonchev–Trinajstić information content (AvgIpc) is 3.64. The number of aliphatic hydroxyl groups excluding tert-OH is 1. The first-order valence-electron chi connectivity index (χ1n) is 16.1. The molecule has 3 amide bonds. The molecule has 0 unspecified atom stereocenters. The average molecular weight is 624 g/mol. The third kappa shape index (κ3) is 6.58. The summed E-state index contributed by atoms with van der Waals surface area (Å²) >= 11 is 0. The Hall–Kier alpha value is -3.50. The summed E-state index contributed by atoms with van der Waals surface area (Å²) in [6, 6.07) is 4.12. The fourth-order valence-electron chi connectivity index (χ4n) is 7.55. The number of aryl methyl sites for hydroxylation is 2. The second-order valence-corrected chi connectivity index (χ2v) is 13.1. The molecule has 3 aliphatic heterocycles. The molecule has 1 aromatic rings. The van der Waals surface area contributed by atoms with E-state index in [1.165, 1.54) is 4.90 Å². The van der Waals surface area contributed by atoms with Crippen molar-refractivity contribution in [3.05, 3.63) is 54.6 Å². The van der Waals surface area contributed by atoms with Gasteiger partial charge in [0, 0.05) is 18.7 Å². The molecule has 3 fully saturated rings. The standard InChI is InChI=1S/C35H49N3O7/c1-8-10-14-27(40)36-19-24(7)44-34(43)28-26-15-16-35(45-26)29(28)32(41)38(25(20-39)18-21(3)4)31(35)33(42)37(17-9-2)30-22(5)12-11-13-23(30)6/h8-9,11-13,21,24-26,28-29,31,39H,1-2,10,14-20H2,3-7H3,(H,36,40)/t24-,25+,26+,28-,29-,31+,35-/m0/s1. The lowest BCUT2D eigenvalue weighted by atomic mass is 9.70. The molecule has 2 bridgehead atoms. The molecule has 3 heterocycles. The number of rotatable bonds is 15. The van der Waals surface area contributed by atoms with E-state index in [1.54, 1.807) is 24.0 Å². The number of allylic oxidation sites excluding steroid dienone is 1. The molecule has 1 aromatic carbocycles. The van der Waals surface area contributed by atoms with E-state index in [9.17, 15) is 24.3 Å². The van der Waals surface area contributed by atoms with Crippen molar-refractivity contribution in [3.63, 3.8) is 0 Å². The van der Waals surface area contributed by atoms with Gasteiger partial charge in [0.25, 0.3) is 5.91 Å². The summed E-state index contributed by atoms with van der Waals surface area (Å²) in [4.78, 5) is 58.3. The number of aliphatic hydroxyl groups is 1. The van der Waals surface area contributed by atoms with Crippen molar-refractivity contribution >= 4 is 29.4 Å². The first-order valence-corrected chi connectivity index (χ1v) is 16.1. The molecule has 45 heavy (non-hydrogen) atoms. The Morgan fingerprint density at radius 2 is 1.89 bits per heavy atom. The maximum Gasteiger partial charge on any atom is 0.312 e. The minimum absolute atomic E-state index is 0.129. The van der Waals surface area contributed by atoms with E-state index in [1.807, 2.05) is 45.9 Å². The second kappa shape index (κ2) is 14.3. The van der Waals surface area contributed by atoms with Crippen molar-refractivity contribution < 1.29 is 33.8 Å². The summed E-state index contributed by atoms with van der Waals surface area (Å²) in [7, 11) is 0. The van der Waals surface area contributed by atoms with Gasteiger partial charge in [0.2, 0.25) is 11.8 Å². The number of esters is 1. The Labute approximate surface area is 266 Å². The minimum atomic E-state index is -1.24. The molecule has 0 aromatic heterocycles. The second-order valence-electron chi connectivity index (χ2n) is 13.1. The summed E-state index contributed by atoms with van der Waals surface area (Å²) in [5.41, 5.74) is 1.30. The smallest absolute Gasteiger partial charge is 0.312 e. The van der Waals surface area contributed by atoms with Gasteiger partial charge in [-0.15, -0.1) is 13.2 Å². The van der Waals surface area contributed by atoms with Crippen LogP contribution in [0.1, 0.15) is 64.0 Å². The number of para-hydroxylation sites is 1. The number of ether oxygens (including phenoxy) is 2. The van der Waals surface area contributed by atoms with Gasteiger partial charge < -0.3 is 29.7 Å². The molecule has 0 aliphatic carbocycles. The van der Waals surface area contributed by atoms with E-state index in [2.05, 4.69) is 18.5 Å². The molecule has 0 radical (unpaired) electrons. The molecule has 3 saturated heterocycles. The maximum absolute atomic E-state index is 14.9. The van der Waals surface area contributed by atoms with Gasteiger partial charge in [-0.25, -0.2) is 0 Å². The lowest BCUT2D eigenvalue weighted by Gasteiger charge is -2.40. The molecule has 2 N–H and O–H groups in total. The molecule has 4 rings (SSSR count). The van der Waals surface area contributed by atoms with Gasteiger partial charge in [0.15, 0.2) is 0 Å². The van der Waals surface area contributed by atoms with Crippen LogP contribution in [0.2, 0.25) is 0 Å². The van der Waals surface area contributed by atoms with E-state index < -0.39 is 47.7 Å². The number of nitrogens with one attached hydrogen (secondary N) is 1. The van der Waals surface area contributed by atoms with Gasteiger partial charge in [-0.2, -0.15) is 0 Å². The number of amides is 3. The van der Waals surface area contributed by atoms with Gasteiger partial charge in [-0.3, -0.25) is 19.2 Å². The zero-order valence-electron chi connectivity index (χ0n) is 27.3. The molecule has 10 nitrogen and oxygen atoms in total. The molecule has 246 valence electrons. The van der Waals surface area contributed by atoms with E-state index in [-0.39, 0.29) is 43.3 Å². The lowest BCUT2D eigenvalue weighted by molar-refractivity contribution is -0.159. The number of carbonyl (C=O) groups excluding carboxylic acids is 4. The Kier molecular flexibility index (Phi) is 10.9. The normalized spacial score (nSPS) is 26.4. The van der Waals surface area contributed by atoms with Crippen LogP contribution in [-0.2, 0) is 28.7 Å². The van der Waals surface area contributed by atoms with Crippen LogP contribution in [0.25, 0.3) is 0 Å². The van der Waals surface area contributed by atoms with E-state index in [0.717, 1.165) is 16.8 Å². The first-order chi connectivity index (χ1) is 21.4. The Balaban J connectivity index is 1.70. The van der Waals surface area contributed by atoms with E-state index in [4.69, 9.17) is 9.47 Å². The molecular formula is C35H49N3O7. The largest absolute Gasteiger partial charge is 0.460 e. The Bertz CT molecular complexity index is 1290. The number of carbonyl (C=O) groups is 4. The first kappa shape index (κ1) is 34.4. The molecule has 10 heteroatoms. The highest BCUT2D eigenvalue weighted by molar-refractivity contribution is 6.05. The van der Waals surface area contributed by atoms with Crippen LogP contribution in [0, 0.1) is 31.6 Å². The van der Waals surface area contributed by atoms with E-state index in [0.29, 0.717) is 32.1 Å². The van der Waals surface area contributed by atoms with Crippen LogP contribution in [-0.4, -0.2) is 83.3 Å². The van der Waals surface area contributed by atoms with Crippen molar-refractivity contribution in [1.29, 1.82) is 0 Å².